The number of carboxylic acids is 1. The van der Waals surface area contributed by atoms with Crippen molar-refractivity contribution >= 4 is 28.8 Å². The minimum Gasteiger partial charge on any atom is -0.755 e. The Morgan fingerprint density at radius 3 is 2.08 bits per heavy atom. The van der Waals surface area contributed by atoms with E-state index in [4.69, 9.17) is 9.47 Å². The fourth-order valence-corrected chi connectivity index (χ4v) is 5.38. The molecule has 2 atom stereocenters. The van der Waals surface area contributed by atoms with Crippen molar-refractivity contribution in [3.05, 3.63) is 78.9 Å². The minimum atomic E-state index is -2.82. The lowest BCUT2D eigenvalue weighted by Crippen LogP contribution is -2.51. The number of likely N-dealkylation sites (tertiary alicyclic amines) is 1. The van der Waals surface area contributed by atoms with Gasteiger partial charge in [0.2, 0.25) is 0 Å². The summed E-state index contributed by atoms with van der Waals surface area (Å²) in [7, 11) is 1.59. The van der Waals surface area contributed by atoms with E-state index in [1.54, 1.807) is 48.4 Å². The van der Waals surface area contributed by atoms with Crippen molar-refractivity contribution in [1.82, 2.24) is 4.90 Å². The van der Waals surface area contributed by atoms with E-state index >= 15 is 0 Å². The van der Waals surface area contributed by atoms with Gasteiger partial charge in [0.25, 0.3) is 5.91 Å². The maximum atomic E-state index is 12.6. The van der Waals surface area contributed by atoms with Gasteiger partial charge in [0.05, 0.1) is 7.11 Å². The molecule has 1 aliphatic rings. The highest BCUT2D eigenvalue weighted by molar-refractivity contribution is 7.80. The van der Waals surface area contributed by atoms with Crippen molar-refractivity contribution in [2.24, 2.45) is 5.92 Å². The molecular weight excluding hydrogens is 508 g/mol. The summed E-state index contributed by atoms with van der Waals surface area (Å²) >= 11 is -2.82. The smallest absolute Gasteiger partial charge is 0.327 e. The van der Waals surface area contributed by atoms with Crippen molar-refractivity contribution in [2.45, 2.75) is 18.9 Å². The van der Waals surface area contributed by atoms with Gasteiger partial charge in [-0.25, -0.2) is 4.79 Å². The number of carbonyl (C=O) groups is 2. The van der Waals surface area contributed by atoms with Gasteiger partial charge in [0, 0.05) is 30.0 Å². The molecule has 0 radical (unpaired) electrons. The highest BCUT2D eigenvalue weighted by atomic mass is 32.2. The van der Waals surface area contributed by atoms with Gasteiger partial charge < -0.3 is 24.0 Å². The van der Waals surface area contributed by atoms with Gasteiger partial charge in [0.15, 0.2) is 6.61 Å². The maximum Gasteiger partial charge on any atom is 0.327 e. The van der Waals surface area contributed by atoms with E-state index in [1.807, 2.05) is 42.5 Å². The molecular formula is C28H29N2O7S-. The highest BCUT2D eigenvalue weighted by Gasteiger charge is 2.37. The van der Waals surface area contributed by atoms with Gasteiger partial charge in [-0.1, -0.05) is 42.5 Å². The molecule has 0 bridgehead atoms. The first-order chi connectivity index (χ1) is 18.4. The van der Waals surface area contributed by atoms with E-state index < -0.39 is 29.2 Å². The fourth-order valence-electron chi connectivity index (χ4n) is 4.63. The molecule has 0 aliphatic carbocycles. The SMILES string of the molecule is COc1ccc(-c2ccc(N(C(C(=O)O)C3CCN(C(=O)COc4ccccc4)CC3)S(=O)[O-])cc2)cc1. The predicted octanol–water partition coefficient (Wildman–Crippen LogP) is 3.73. The summed E-state index contributed by atoms with van der Waals surface area (Å²) in [5.41, 5.74) is 2.03. The fraction of sp³-hybridized carbons (Fsp3) is 0.286. The Kier molecular flexibility index (Phi) is 8.98. The number of rotatable bonds is 10. The standard InChI is InChI=1S/C28H30N2O7S/c1-36-24-13-9-21(10-14-24)20-7-11-23(12-8-20)30(38(34)35)27(28(32)33)22-15-17-29(18-16-22)26(31)19-37-25-5-3-2-4-6-25/h2-14,22,27H,15-19H2,1H3,(H,32,33)(H,34,35)/p-1. The Labute approximate surface area is 224 Å². The Morgan fingerprint density at radius 2 is 1.55 bits per heavy atom. The van der Waals surface area contributed by atoms with Gasteiger partial charge >= 0.3 is 5.97 Å². The van der Waals surface area contributed by atoms with Crippen LogP contribution in [0.2, 0.25) is 0 Å². The van der Waals surface area contributed by atoms with Crippen LogP contribution in [-0.4, -0.2) is 63.5 Å². The predicted molar refractivity (Wildman–Crippen MR) is 142 cm³/mol. The van der Waals surface area contributed by atoms with Gasteiger partial charge in [0.1, 0.15) is 17.5 Å². The quantitative estimate of drug-likeness (QED) is 0.391. The number of ether oxygens (including phenoxy) is 2. The number of para-hydroxylation sites is 1. The van der Waals surface area contributed by atoms with Crippen LogP contribution in [0.1, 0.15) is 12.8 Å². The number of carboxylic acid groups (broad SMARTS) is 1. The number of carbonyl (C=O) groups excluding carboxylic acids is 1. The van der Waals surface area contributed by atoms with Crippen molar-refractivity contribution in [2.75, 3.05) is 31.1 Å². The number of amides is 1. The van der Waals surface area contributed by atoms with Crippen LogP contribution in [0.5, 0.6) is 11.5 Å². The lowest BCUT2D eigenvalue weighted by atomic mass is 9.89. The lowest BCUT2D eigenvalue weighted by molar-refractivity contribution is -0.140. The largest absolute Gasteiger partial charge is 0.755 e. The average molecular weight is 538 g/mol. The molecule has 1 N–H and O–H groups in total. The van der Waals surface area contributed by atoms with Gasteiger partial charge in [-0.2, -0.15) is 0 Å². The molecule has 0 spiro atoms. The average Bonchev–Trinajstić information content (AvgIpc) is 2.95. The lowest BCUT2D eigenvalue weighted by Gasteiger charge is -2.40. The summed E-state index contributed by atoms with van der Waals surface area (Å²) in [5, 5.41) is 10.0. The monoisotopic (exact) mass is 537 g/mol. The first-order valence-corrected chi connectivity index (χ1v) is 13.2. The number of hydrogen-bond acceptors (Lipinski definition) is 6. The Bertz CT molecular complexity index is 1240. The van der Waals surface area contributed by atoms with Crippen molar-refractivity contribution in [1.29, 1.82) is 0 Å². The topological polar surface area (TPSA) is 119 Å². The molecule has 10 heteroatoms. The second kappa shape index (κ2) is 12.6. The zero-order valence-electron chi connectivity index (χ0n) is 20.9. The minimum absolute atomic E-state index is 0.117. The van der Waals surface area contributed by atoms with E-state index in [-0.39, 0.29) is 18.2 Å². The van der Waals surface area contributed by atoms with Crippen LogP contribution in [0, 0.1) is 5.92 Å². The number of anilines is 1. The summed E-state index contributed by atoms with van der Waals surface area (Å²) in [6.45, 7) is 0.524. The Morgan fingerprint density at radius 1 is 0.974 bits per heavy atom. The summed E-state index contributed by atoms with van der Waals surface area (Å²) in [5.74, 6) is -0.582. The van der Waals surface area contributed by atoms with Crippen LogP contribution in [0.4, 0.5) is 5.69 Å². The molecule has 0 saturated carbocycles. The van der Waals surface area contributed by atoms with Crippen LogP contribution in [0.15, 0.2) is 78.9 Å². The molecule has 4 rings (SSSR count). The van der Waals surface area contributed by atoms with Gasteiger partial charge in [-0.05, 0) is 66.3 Å². The molecule has 3 aromatic carbocycles. The number of nitrogens with zero attached hydrogens (tertiary/aromatic N) is 2. The Hall–Kier alpha value is -3.89. The van der Waals surface area contributed by atoms with Crippen LogP contribution >= 0.6 is 0 Å². The number of benzene rings is 3. The Balaban J connectivity index is 1.43. The number of aliphatic carboxylic acids is 1. The van der Waals surface area contributed by atoms with Crippen LogP contribution in [-0.2, 0) is 20.9 Å². The molecule has 38 heavy (non-hydrogen) atoms. The second-order valence-corrected chi connectivity index (χ2v) is 9.75. The normalized spacial score (nSPS) is 15.4. The molecule has 1 amide bonds. The zero-order valence-corrected chi connectivity index (χ0v) is 21.7. The molecule has 200 valence electrons. The molecule has 9 nitrogen and oxygen atoms in total. The molecule has 2 unspecified atom stereocenters. The van der Waals surface area contributed by atoms with E-state index in [9.17, 15) is 23.5 Å². The van der Waals surface area contributed by atoms with Crippen LogP contribution < -0.4 is 13.8 Å². The van der Waals surface area contributed by atoms with E-state index in [0.29, 0.717) is 31.7 Å². The molecule has 1 fully saturated rings. The van der Waals surface area contributed by atoms with Crippen molar-refractivity contribution in [3.8, 4) is 22.6 Å². The zero-order chi connectivity index (χ0) is 27.1. The van der Waals surface area contributed by atoms with Crippen LogP contribution in [0.25, 0.3) is 11.1 Å². The van der Waals surface area contributed by atoms with Gasteiger partial charge in [-0.3, -0.25) is 13.3 Å². The van der Waals surface area contributed by atoms with Gasteiger partial charge in [-0.15, -0.1) is 0 Å². The van der Waals surface area contributed by atoms with Crippen molar-refractivity contribution < 1.29 is 32.9 Å². The molecule has 1 heterocycles. The second-order valence-electron chi connectivity index (χ2n) is 8.92. The third kappa shape index (κ3) is 6.51. The summed E-state index contributed by atoms with van der Waals surface area (Å²) in [4.78, 5) is 26.5. The molecule has 1 aliphatic heterocycles. The summed E-state index contributed by atoms with van der Waals surface area (Å²) in [6.07, 6.45) is 0.706. The maximum absolute atomic E-state index is 12.6. The van der Waals surface area contributed by atoms with Crippen molar-refractivity contribution in [3.63, 3.8) is 0 Å². The van der Waals surface area contributed by atoms with Crippen LogP contribution in [0.3, 0.4) is 0 Å². The van der Waals surface area contributed by atoms with E-state index in [1.165, 1.54) is 0 Å². The first-order valence-electron chi connectivity index (χ1n) is 12.2. The van der Waals surface area contributed by atoms with E-state index in [0.717, 1.165) is 21.2 Å². The summed E-state index contributed by atoms with van der Waals surface area (Å²) < 4.78 is 36.2. The molecule has 0 aromatic heterocycles. The molecule has 1 saturated heterocycles. The summed E-state index contributed by atoms with van der Waals surface area (Å²) in [6, 6.07) is 21.9. The first kappa shape index (κ1) is 27.2. The van der Waals surface area contributed by atoms with E-state index in [2.05, 4.69) is 0 Å². The number of piperidine rings is 1. The third-order valence-electron chi connectivity index (χ3n) is 6.66. The number of methoxy groups -OCH3 is 1. The molecule has 3 aromatic rings. The number of hydrogen-bond donors (Lipinski definition) is 1. The highest BCUT2D eigenvalue weighted by Crippen LogP contribution is 2.31. The third-order valence-corrected chi connectivity index (χ3v) is 7.41.